The zero-order valence-corrected chi connectivity index (χ0v) is 21.9. The molecular weight excluding hydrogens is 360 g/mol. The van der Waals surface area contributed by atoms with Crippen molar-refractivity contribution < 1.29 is 0 Å². The predicted molar refractivity (Wildman–Crippen MR) is 131 cm³/mol. The molecule has 4 aliphatic carbocycles. The highest BCUT2D eigenvalue weighted by Crippen LogP contribution is 2.65. The van der Waals surface area contributed by atoms with Gasteiger partial charge in [0.15, 0.2) is 0 Å². The molecule has 0 heterocycles. The van der Waals surface area contributed by atoms with Gasteiger partial charge in [0.05, 0.1) is 0 Å². The lowest BCUT2D eigenvalue weighted by Gasteiger charge is -2.61. The summed E-state index contributed by atoms with van der Waals surface area (Å²) >= 11 is 0. The maximum Gasteiger partial charge on any atom is -0.0262 e. The summed E-state index contributed by atoms with van der Waals surface area (Å²) in [5, 5.41) is 0. The second-order valence-corrected chi connectivity index (χ2v) is 14.7. The average molecular weight is 415 g/mol. The van der Waals surface area contributed by atoms with Gasteiger partial charge in [0.1, 0.15) is 0 Å². The van der Waals surface area contributed by atoms with Crippen LogP contribution in [0.2, 0.25) is 0 Å². The van der Waals surface area contributed by atoms with Crippen molar-refractivity contribution >= 4 is 0 Å². The second kappa shape index (κ2) is 7.80. The largest absolute Gasteiger partial charge is 0.0622 e. The third-order valence-corrected chi connectivity index (χ3v) is 12.2. The Labute approximate surface area is 189 Å². The van der Waals surface area contributed by atoms with Gasteiger partial charge in [-0.2, -0.15) is 0 Å². The Morgan fingerprint density at radius 1 is 0.533 bits per heavy atom. The zero-order chi connectivity index (χ0) is 21.9. The fourth-order valence-corrected chi connectivity index (χ4v) is 10.8. The Balaban J connectivity index is 1.55. The molecule has 0 nitrogen and oxygen atoms in total. The van der Waals surface area contributed by atoms with Crippen LogP contribution in [0.1, 0.15) is 132 Å². The van der Waals surface area contributed by atoms with Crippen molar-refractivity contribution in [3.8, 4) is 0 Å². The van der Waals surface area contributed by atoms with Gasteiger partial charge in [-0.05, 0) is 109 Å². The fourth-order valence-electron chi connectivity index (χ4n) is 10.8. The van der Waals surface area contributed by atoms with Crippen LogP contribution in [0.5, 0.6) is 0 Å². The van der Waals surface area contributed by atoms with Crippen LogP contribution in [0.3, 0.4) is 0 Å². The highest BCUT2D eigenvalue weighted by Gasteiger charge is 2.56. The van der Waals surface area contributed by atoms with E-state index in [1.54, 1.807) is 0 Å². The maximum atomic E-state index is 2.73. The molecule has 0 heteroatoms. The summed E-state index contributed by atoms with van der Waals surface area (Å²) in [6, 6.07) is 0. The van der Waals surface area contributed by atoms with E-state index in [1.807, 2.05) is 0 Å². The quantitative estimate of drug-likeness (QED) is 0.431. The molecule has 0 aromatic carbocycles. The summed E-state index contributed by atoms with van der Waals surface area (Å²) in [5.41, 5.74) is 2.33. The van der Waals surface area contributed by atoms with Gasteiger partial charge < -0.3 is 0 Å². The first-order valence-corrected chi connectivity index (χ1v) is 13.9. The Hall–Kier alpha value is 0. The first-order valence-electron chi connectivity index (χ1n) is 13.9. The van der Waals surface area contributed by atoms with Crippen LogP contribution in [0.25, 0.3) is 0 Å². The molecule has 0 aromatic rings. The molecule has 0 aliphatic heterocycles. The molecule has 2 unspecified atom stereocenters. The van der Waals surface area contributed by atoms with Gasteiger partial charge in [0.2, 0.25) is 0 Å². The van der Waals surface area contributed by atoms with Crippen molar-refractivity contribution in [2.75, 3.05) is 0 Å². The summed E-state index contributed by atoms with van der Waals surface area (Å²) in [6.45, 7) is 21.1. The van der Waals surface area contributed by atoms with Gasteiger partial charge in [-0.25, -0.2) is 0 Å². The van der Waals surface area contributed by atoms with Crippen LogP contribution in [0.15, 0.2) is 0 Å². The van der Waals surface area contributed by atoms with Crippen LogP contribution in [-0.4, -0.2) is 0 Å². The Morgan fingerprint density at radius 3 is 1.27 bits per heavy atom. The topological polar surface area (TPSA) is 0 Å². The average Bonchev–Trinajstić information content (AvgIpc) is 2.61. The summed E-state index contributed by atoms with van der Waals surface area (Å²) in [4.78, 5) is 0. The normalized spacial score (nSPS) is 50.4. The van der Waals surface area contributed by atoms with Crippen molar-refractivity contribution in [2.24, 2.45) is 57.2 Å². The van der Waals surface area contributed by atoms with Crippen molar-refractivity contribution in [1.29, 1.82) is 0 Å². The molecule has 4 rings (SSSR count). The lowest BCUT2D eigenvalue weighted by atomic mass is 9.44. The summed E-state index contributed by atoms with van der Waals surface area (Å²) < 4.78 is 0. The number of rotatable bonds is 3. The van der Waals surface area contributed by atoms with E-state index >= 15 is 0 Å². The van der Waals surface area contributed by atoms with E-state index in [1.165, 1.54) is 77.0 Å². The Kier molecular flexibility index (Phi) is 6.02. The lowest BCUT2D eigenvalue weighted by Crippen LogP contribution is -2.53. The number of fused-ring (bicyclic) bond motifs is 2. The minimum absolute atomic E-state index is 0.563. The SMILES string of the molecule is C[C@@H]1CC[C@H]2C(C)(C)CCC[C@]2(C)[C@H]1CCC1[C@@H](C)CCC2C(C)(C)CCC[C@]12C. The van der Waals surface area contributed by atoms with Crippen LogP contribution >= 0.6 is 0 Å². The first-order chi connectivity index (χ1) is 13.9. The van der Waals surface area contributed by atoms with Crippen LogP contribution in [-0.2, 0) is 0 Å². The van der Waals surface area contributed by atoms with E-state index < -0.39 is 0 Å². The van der Waals surface area contributed by atoms with Gasteiger partial charge in [0.25, 0.3) is 0 Å². The van der Waals surface area contributed by atoms with Crippen LogP contribution in [0, 0.1) is 57.2 Å². The van der Waals surface area contributed by atoms with Gasteiger partial charge in [-0.3, -0.25) is 0 Å². The van der Waals surface area contributed by atoms with Gasteiger partial charge >= 0.3 is 0 Å². The molecule has 0 N–H and O–H groups in total. The third kappa shape index (κ3) is 3.63. The minimum Gasteiger partial charge on any atom is -0.0622 e. The predicted octanol–water partition coefficient (Wildman–Crippen LogP) is 9.52. The van der Waals surface area contributed by atoms with E-state index in [0.29, 0.717) is 21.7 Å². The standard InChI is InChI=1S/C30H54/c1-21-11-15-25-27(3,4)17-9-19-29(25,7)23(21)13-14-24-22(2)12-16-26-28(5,6)18-10-20-30(24,26)8/h21-26H,9-20H2,1-8H3/t21-,22+,23+,24?,25+,26?,29-,30-/m1/s1. The molecule has 30 heavy (non-hydrogen) atoms. The summed E-state index contributed by atoms with van der Waals surface area (Å²) in [5.74, 6) is 5.71. The van der Waals surface area contributed by atoms with Gasteiger partial charge in [-0.1, -0.05) is 81.1 Å². The molecule has 0 amide bonds. The highest BCUT2D eigenvalue weighted by atomic mass is 14.6. The first kappa shape index (κ1) is 23.2. The molecular formula is C30H54. The van der Waals surface area contributed by atoms with Crippen molar-refractivity contribution in [3.05, 3.63) is 0 Å². The Morgan fingerprint density at radius 2 is 0.900 bits per heavy atom. The lowest BCUT2D eigenvalue weighted by molar-refractivity contribution is -0.116. The zero-order valence-electron chi connectivity index (χ0n) is 21.9. The van der Waals surface area contributed by atoms with E-state index in [0.717, 1.165) is 35.5 Å². The minimum atomic E-state index is 0.563. The van der Waals surface area contributed by atoms with E-state index in [2.05, 4.69) is 55.4 Å². The van der Waals surface area contributed by atoms with Gasteiger partial charge in [0, 0.05) is 0 Å². The number of hydrogen-bond donors (Lipinski definition) is 0. The molecule has 0 saturated heterocycles. The molecule has 0 radical (unpaired) electrons. The van der Waals surface area contributed by atoms with Crippen LogP contribution in [0.4, 0.5) is 0 Å². The molecule has 4 saturated carbocycles. The Bertz CT molecular complexity index is 560. The van der Waals surface area contributed by atoms with Gasteiger partial charge in [-0.15, -0.1) is 0 Å². The third-order valence-electron chi connectivity index (χ3n) is 12.2. The van der Waals surface area contributed by atoms with E-state index in [4.69, 9.17) is 0 Å². The smallest absolute Gasteiger partial charge is 0.0262 e. The van der Waals surface area contributed by atoms with Crippen molar-refractivity contribution in [2.45, 2.75) is 132 Å². The van der Waals surface area contributed by atoms with Crippen LogP contribution < -0.4 is 0 Å². The summed E-state index contributed by atoms with van der Waals surface area (Å²) in [6.07, 6.45) is 17.9. The monoisotopic (exact) mass is 414 g/mol. The highest BCUT2D eigenvalue weighted by molar-refractivity contribution is 5.05. The summed E-state index contributed by atoms with van der Waals surface area (Å²) in [7, 11) is 0. The molecule has 4 aliphatic rings. The molecule has 8 atom stereocenters. The fraction of sp³-hybridized carbons (Fsp3) is 1.00. The van der Waals surface area contributed by atoms with Crippen molar-refractivity contribution in [3.63, 3.8) is 0 Å². The molecule has 174 valence electrons. The number of hydrogen-bond acceptors (Lipinski definition) is 0. The molecule has 0 aromatic heterocycles. The van der Waals surface area contributed by atoms with E-state index in [9.17, 15) is 0 Å². The molecule has 0 bridgehead atoms. The molecule has 4 fully saturated rings. The van der Waals surface area contributed by atoms with E-state index in [-0.39, 0.29) is 0 Å². The van der Waals surface area contributed by atoms with Crippen molar-refractivity contribution in [1.82, 2.24) is 0 Å². The maximum absolute atomic E-state index is 2.73. The second-order valence-electron chi connectivity index (χ2n) is 14.7. The molecule has 0 spiro atoms.